The molecular weight excluding hydrogens is 606 g/mol. The summed E-state index contributed by atoms with van der Waals surface area (Å²) in [6, 6.07) is 8.80. The van der Waals surface area contributed by atoms with E-state index in [2.05, 4.69) is 57.9 Å². The van der Waals surface area contributed by atoms with Crippen LogP contribution in [0, 0.1) is 26.8 Å². The van der Waals surface area contributed by atoms with Crippen molar-refractivity contribution >= 4 is 36.0 Å². The van der Waals surface area contributed by atoms with Gasteiger partial charge in [-0.2, -0.15) is 0 Å². The van der Waals surface area contributed by atoms with Crippen LogP contribution in [0.1, 0.15) is 71.3 Å². The Bertz CT molecular complexity index is 882. The Labute approximate surface area is 276 Å². The molecule has 8 radical (unpaired) electrons. The van der Waals surface area contributed by atoms with Gasteiger partial charge in [0, 0.05) is 30.1 Å². The predicted molar refractivity (Wildman–Crippen MR) is 155 cm³/mol. The Balaban J connectivity index is -0.000000787. The van der Waals surface area contributed by atoms with Gasteiger partial charge in [0.1, 0.15) is 12.6 Å². The van der Waals surface area contributed by atoms with E-state index in [9.17, 15) is 14.7 Å². The number of carboxylic acid groups (broad SMARTS) is 1. The first-order chi connectivity index (χ1) is 17.9. The maximum Gasteiger partial charge on any atom is 1.00 e. The van der Waals surface area contributed by atoms with E-state index in [0.717, 1.165) is 42.0 Å². The Morgan fingerprint density at radius 3 is 2.05 bits per heavy atom. The number of nitrogens with one attached hydrogen (secondary N) is 2. The summed E-state index contributed by atoms with van der Waals surface area (Å²) >= 11 is 0. The van der Waals surface area contributed by atoms with Gasteiger partial charge in [0.2, 0.25) is 0 Å². The minimum atomic E-state index is -1.37. The summed E-state index contributed by atoms with van der Waals surface area (Å²) in [4.78, 5) is 23.3. The molecule has 0 saturated carbocycles. The monoisotopic (exact) mass is 650 g/mol. The Morgan fingerprint density at radius 1 is 1.03 bits per heavy atom. The number of carboxylic acids is 1. The van der Waals surface area contributed by atoms with Crippen molar-refractivity contribution in [1.82, 2.24) is 10.6 Å². The molecule has 0 saturated heterocycles. The van der Waals surface area contributed by atoms with Crippen LogP contribution in [0.5, 0.6) is 0 Å². The average Bonchev–Trinajstić information content (AvgIpc) is 3.35. The van der Waals surface area contributed by atoms with Gasteiger partial charge in [-0.05, 0) is 41.4 Å². The SMILES string of the molecule is O=C(N[C@H](CC1=CN[C]2C=C=CC=C21)C(=O)[O-])OCc1ccccc1.[CH2]CCC.[CH2]CCC.[CH2]CCC.[Na+].[Sn]. The fourth-order valence-corrected chi connectivity index (χ4v) is 2.56. The molecule has 0 spiro atoms. The maximum atomic E-state index is 11.9. The number of benzene rings is 1. The molecule has 0 unspecified atom stereocenters. The van der Waals surface area contributed by atoms with Gasteiger partial charge in [-0.25, -0.2) is 4.79 Å². The van der Waals surface area contributed by atoms with Gasteiger partial charge in [-0.3, -0.25) is 0 Å². The number of aliphatic carboxylic acids is 1. The number of carbonyl (C=O) groups is 2. The molecule has 0 aromatic heterocycles. The molecule has 1 aromatic rings. The van der Waals surface area contributed by atoms with Crippen LogP contribution in [0.2, 0.25) is 0 Å². The first kappa shape index (κ1) is 42.0. The smallest absolute Gasteiger partial charge is 0.548 e. The van der Waals surface area contributed by atoms with Crippen LogP contribution in [0.4, 0.5) is 4.79 Å². The summed E-state index contributed by atoms with van der Waals surface area (Å²) < 4.78 is 5.06. The van der Waals surface area contributed by atoms with Crippen molar-refractivity contribution in [3.05, 3.63) is 104 Å². The molecule has 1 aliphatic heterocycles. The minimum absolute atomic E-state index is 0. The number of carbonyl (C=O) groups excluding carboxylic acids is 2. The largest absolute Gasteiger partial charge is 1.00 e. The molecule has 0 bridgehead atoms. The first-order valence-corrected chi connectivity index (χ1v) is 12.9. The summed E-state index contributed by atoms with van der Waals surface area (Å²) in [5.41, 5.74) is 5.40. The zero-order valence-electron chi connectivity index (χ0n) is 24.2. The molecule has 3 rings (SSSR count). The third kappa shape index (κ3) is 20.1. The standard InChI is InChI=1S/C19H17N2O4.3C4H9.Na.Sn/c22-18(23)17(10-14-11-20-16-9-5-4-8-15(14)16)21-19(24)25-12-13-6-2-1-3-7-13;3*1-3-4-2;;/h1-4,6-9,11,17,20H,10,12H2,(H,21,24)(H,22,23);3*1,3-4H2,2H3;;/q;;;;+1;/p-1/t17-;;;;;/m1...../s1. The normalized spacial score (nSPS) is 12.8. The van der Waals surface area contributed by atoms with Gasteiger partial charge in [0.05, 0.1) is 12.0 Å². The van der Waals surface area contributed by atoms with E-state index in [1.165, 1.54) is 19.3 Å². The summed E-state index contributed by atoms with van der Waals surface area (Å²) in [6.07, 6.45) is 13.2. The average molecular weight is 649 g/mol. The number of hydrogen-bond donors (Lipinski definition) is 2. The molecule has 1 aliphatic carbocycles. The van der Waals surface area contributed by atoms with Crippen LogP contribution in [0.25, 0.3) is 0 Å². The number of unbranched alkanes of at least 4 members (excludes halogenated alkanes) is 3. The molecule has 1 atom stereocenters. The summed E-state index contributed by atoms with van der Waals surface area (Å²) in [6.45, 7) is 17.2. The molecule has 206 valence electrons. The van der Waals surface area contributed by atoms with Crippen molar-refractivity contribution in [3.63, 3.8) is 0 Å². The molecule has 2 N–H and O–H groups in total. The van der Waals surface area contributed by atoms with E-state index in [4.69, 9.17) is 4.74 Å². The third-order valence-electron chi connectivity index (χ3n) is 4.89. The second-order valence-corrected chi connectivity index (χ2v) is 8.13. The van der Waals surface area contributed by atoms with E-state index < -0.39 is 18.1 Å². The summed E-state index contributed by atoms with van der Waals surface area (Å²) in [5, 5.41) is 16.8. The number of hydrogen-bond acceptors (Lipinski definition) is 5. The number of rotatable bonds is 9. The maximum absolute atomic E-state index is 11.9. The number of ether oxygens (including phenoxy) is 1. The van der Waals surface area contributed by atoms with Crippen molar-refractivity contribution in [3.8, 4) is 0 Å². The van der Waals surface area contributed by atoms with Crippen LogP contribution in [-0.2, 0) is 16.1 Å². The number of allylic oxidation sites excluding steroid dienone is 1. The Morgan fingerprint density at radius 2 is 1.56 bits per heavy atom. The van der Waals surface area contributed by atoms with Crippen molar-refractivity contribution < 1.29 is 49.0 Å². The van der Waals surface area contributed by atoms with Crippen molar-refractivity contribution in [2.75, 3.05) is 0 Å². The summed E-state index contributed by atoms with van der Waals surface area (Å²) in [5.74, 6) is -1.37. The van der Waals surface area contributed by atoms with Crippen LogP contribution in [-0.4, -0.2) is 42.0 Å². The molecule has 1 amide bonds. The second kappa shape index (κ2) is 28.1. The zero-order valence-corrected chi connectivity index (χ0v) is 29.0. The van der Waals surface area contributed by atoms with E-state index >= 15 is 0 Å². The number of fused-ring (bicyclic) bond motifs is 1. The van der Waals surface area contributed by atoms with Crippen LogP contribution in [0.3, 0.4) is 0 Å². The van der Waals surface area contributed by atoms with Crippen LogP contribution in [0.15, 0.2) is 71.6 Å². The molecular formula is C31H43N2NaO4Sn. The van der Waals surface area contributed by atoms with Gasteiger partial charge in [-0.15, -0.1) is 5.73 Å². The topological polar surface area (TPSA) is 90.5 Å². The predicted octanol–water partition coefficient (Wildman–Crippen LogP) is 2.58. The number of amides is 1. The van der Waals surface area contributed by atoms with Crippen molar-refractivity contribution in [1.29, 1.82) is 0 Å². The van der Waals surface area contributed by atoms with E-state index in [-0.39, 0.29) is 66.5 Å². The third-order valence-corrected chi connectivity index (χ3v) is 4.89. The summed E-state index contributed by atoms with van der Waals surface area (Å²) in [7, 11) is 0. The fraction of sp³-hybridized carbons (Fsp3) is 0.387. The molecule has 8 heteroatoms. The molecule has 0 fully saturated rings. The van der Waals surface area contributed by atoms with Crippen LogP contribution >= 0.6 is 0 Å². The van der Waals surface area contributed by atoms with Gasteiger partial charge in [0.25, 0.3) is 0 Å². The van der Waals surface area contributed by atoms with E-state index in [1.807, 2.05) is 36.4 Å². The molecule has 1 heterocycles. The molecule has 1 aromatic carbocycles. The number of alkyl carbamates (subject to hydrolysis) is 1. The van der Waals surface area contributed by atoms with Gasteiger partial charge in [0.15, 0.2) is 0 Å². The molecule has 2 aliphatic rings. The Kier molecular flexibility index (Phi) is 30.3. The first-order valence-electron chi connectivity index (χ1n) is 12.9. The molecule has 6 nitrogen and oxygen atoms in total. The van der Waals surface area contributed by atoms with Gasteiger partial charge in [-0.1, -0.05) is 110 Å². The van der Waals surface area contributed by atoms with Crippen molar-refractivity contribution in [2.45, 2.75) is 78.4 Å². The second-order valence-electron chi connectivity index (χ2n) is 8.13. The fourth-order valence-electron chi connectivity index (χ4n) is 2.56. The van der Waals surface area contributed by atoms with E-state index in [0.29, 0.717) is 0 Å². The van der Waals surface area contributed by atoms with Gasteiger partial charge < -0.3 is 25.3 Å². The minimum Gasteiger partial charge on any atom is -0.548 e. The van der Waals surface area contributed by atoms with Crippen LogP contribution < -0.4 is 45.3 Å². The zero-order chi connectivity index (χ0) is 27.9. The van der Waals surface area contributed by atoms with E-state index in [1.54, 1.807) is 18.4 Å². The molecule has 39 heavy (non-hydrogen) atoms. The quantitative estimate of drug-likeness (QED) is 0.318. The Hall–Kier alpha value is -1.44. The van der Waals surface area contributed by atoms with Gasteiger partial charge >= 0.3 is 35.7 Å². The van der Waals surface area contributed by atoms with Crippen molar-refractivity contribution in [2.24, 2.45) is 0 Å².